The molecule has 0 bridgehead atoms. The van der Waals surface area contributed by atoms with E-state index >= 15 is 0 Å². The van der Waals surface area contributed by atoms with Crippen molar-refractivity contribution >= 4 is 65.0 Å². The molecule has 0 radical (unpaired) electrons. The minimum absolute atomic E-state index is 0.135. The first-order valence-corrected chi connectivity index (χ1v) is 35.8. The fourth-order valence-corrected chi connectivity index (χ4v) is 11.2. The molecule has 0 amide bonds. The molecule has 9 heterocycles. The van der Waals surface area contributed by atoms with Gasteiger partial charge in [-0.25, -0.2) is 28.7 Å². The van der Waals surface area contributed by atoms with E-state index in [1.54, 1.807) is 12.4 Å². The molecular weight excluding hydrogens is 1110 g/mol. The van der Waals surface area contributed by atoms with Crippen LogP contribution in [0, 0.1) is 6.92 Å². The van der Waals surface area contributed by atoms with Crippen LogP contribution in [0.2, 0.25) is 36.3 Å². The van der Waals surface area contributed by atoms with Crippen molar-refractivity contribution in [1.29, 1.82) is 0 Å². The smallest absolute Gasteiger partial charge is 0.411 e. The summed E-state index contributed by atoms with van der Waals surface area (Å²) in [4.78, 5) is 9.78. The predicted octanol–water partition coefficient (Wildman–Crippen LogP) is 13.1. The summed E-state index contributed by atoms with van der Waals surface area (Å²) >= 11 is 0. The van der Waals surface area contributed by atoms with Crippen molar-refractivity contribution in [1.82, 2.24) is 49.1 Å². The molecule has 0 N–H and O–H groups in total. The van der Waals surface area contributed by atoms with E-state index in [1.165, 1.54) is 0 Å². The predicted molar refractivity (Wildman–Crippen MR) is 349 cm³/mol. The van der Waals surface area contributed by atoms with Crippen LogP contribution in [0.5, 0.6) is 0 Å². The van der Waals surface area contributed by atoms with E-state index in [1.807, 2.05) is 147 Å². The summed E-state index contributed by atoms with van der Waals surface area (Å²) in [6.45, 7) is 50.0. The fourth-order valence-electron chi connectivity index (χ4n) is 9.33. The van der Waals surface area contributed by atoms with Gasteiger partial charge in [-0.15, -0.1) is 0 Å². The van der Waals surface area contributed by atoms with E-state index in [0.29, 0.717) is 13.2 Å². The van der Waals surface area contributed by atoms with Gasteiger partial charge in [0.1, 0.15) is 0 Å². The summed E-state index contributed by atoms with van der Waals surface area (Å²) in [5.74, 6) is 1.52. The van der Waals surface area contributed by atoms with Crippen LogP contribution in [0.1, 0.15) is 142 Å². The van der Waals surface area contributed by atoms with Crippen molar-refractivity contribution in [3.63, 3.8) is 0 Å². The van der Waals surface area contributed by atoms with Gasteiger partial charge in [0, 0.05) is 35.6 Å². The Hall–Kier alpha value is -5.59. The van der Waals surface area contributed by atoms with Crippen LogP contribution < -0.4 is 5.46 Å². The first-order chi connectivity index (χ1) is 39.7. The Morgan fingerprint density at radius 3 is 1.22 bits per heavy atom. The van der Waals surface area contributed by atoms with Crippen LogP contribution in [0.25, 0.3) is 44.8 Å². The third kappa shape index (κ3) is 13.1. The zero-order chi connectivity index (χ0) is 63.0. The van der Waals surface area contributed by atoms with E-state index < -0.39 is 49.0 Å². The van der Waals surface area contributed by atoms with Crippen molar-refractivity contribution < 1.29 is 36.8 Å². The molecular formula is C63H91B3N10O8Si2. The normalized spacial score (nSPS) is 18.8. The van der Waals surface area contributed by atoms with Gasteiger partial charge in [0.15, 0.2) is 28.3 Å². The number of benzene rings is 2. The third-order valence-electron chi connectivity index (χ3n) is 19.1. The summed E-state index contributed by atoms with van der Waals surface area (Å²) in [7, 11) is -5.20. The van der Waals surface area contributed by atoms with Crippen molar-refractivity contribution in [2.75, 3.05) is 0 Å². The van der Waals surface area contributed by atoms with Crippen LogP contribution in [-0.2, 0) is 50.0 Å². The Bertz CT molecular complexity index is 3600. The van der Waals surface area contributed by atoms with E-state index in [4.69, 9.17) is 51.8 Å². The monoisotopic (exact) mass is 1200 g/mol. The molecule has 3 fully saturated rings. The maximum Gasteiger partial charge on any atom is 0.494 e. The van der Waals surface area contributed by atoms with Gasteiger partial charge in [0.25, 0.3) is 0 Å². The summed E-state index contributed by atoms with van der Waals surface area (Å²) in [6.07, 6.45) is 11.2. The standard InChI is InChI=1S/C28H38BN5O3Si.C23H29N5OSi.C12H24B2O4/c1-26(2,3)38(8,9)35-19-21-12-10-13-25(32-21)34-24-17-20(29-36-27(4,5)28(6,7)37-29)16-23(22(24)18-31-34)33-15-11-14-30-33;1-17-13-20(27-12-8-11-24-27)19-15-25-28(21(19)14-17)22-10-7-9-18(26-22)16-29-30(5,6)23(2,3)4;1-9(2)10(3,4)16-13(15-9)14-17-11(5,6)12(7,8)18-14/h10-18H,19H2,1-9H3;7-15H,16H2,1-6H3;1-8H3. The largest absolute Gasteiger partial charge is 0.494 e. The Labute approximate surface area is 513 Å². The number of fused-ring (bicyclic) bond motifs is 2. The second-order valence-electron chi connectivity index (χ2n) is 29.1. The van der Waals surface area contributed by atoms with Gasteiger partial charge in [0.2, 0.25) is 0 Å². The molecule has 3 saturated heterocycles. The van der Waals surface area contributed by atoms with Crippen LogP contribution in [-0.4, -0.2) is 120 Å². The second-order valence-corrected chi connectivity index (χ2v) is 38.7. The maximum atomic E-state index is 6.44. The van der Waals surface area contributed by atoms with E-state index in [0.717, 1.165) is 67.2 Å². The highest BCUT2D eigenvalue weighted by Gasteiger charge is 2.64. The van der Waals surface area contributed by atoms with E-state index in [2.05, 4.69) is 142 Å². The Kier molecular flexibility index (Phi) is 17.4. The molecule has 458 valence electrons. The maximum absolute atomic E-state index is 6.44. The van der Waals surface area contributed by atoms with Crippen molar-refractivity contribution in [3.05, 3.63) is 127 Å². The van der Waals surface area contributed by atoms with Crippen LogP contribution >= 0.6 is 0 Å². The number of pyridine rings is 2. The quantitative estimate of drug-likeness (QED) is 0.106. The number of nitrogens with zero attached hydrogens (tertiary/aromatic N) is 10. The fraction of sp³-hybridized carbons (Fsp3) is 0.524. The highest BCUT2D eigenvalue weighted by Crippen LogP contribution is 2.44. The van der Waals surface area contributed by atoms with Crippen LogP contribution in [0.4, 0.5) is 0 Å². The number of aryl methyl sites for hydroxylation is 1. The Morgan fingerprint density at radius 1 is 0.477 bits per heavy atom. The Morgan fingerprint density at radius 2 is 0.849 bits per heavy atom. The lowest BCUT2D eigenvalue weighted by Gasteiger charge is -2.36. The van der Waals surface area contributed by atoms with Gasteiger partial charge < -0.3 is 36.8 Å². The summed E-state index contributed by atoms with van der Waals surface area (Å²) < 4.78 is 56.9. The molecule has 2 aromatic carbocycles. The van der Waals surface area contributed by atoms with Gasteiger partial charge in [-0.05, 0) is 198 Å². The van der Waals surface area contributed by atoms with Crippen LogP contribution in [0.15, 0.2) is 110 Å². The average Bonchev–Trinajstić information content (AvgIpc) is 1.64. The second kappa shape index (κ2) is 23.1. The molecule has 11 rings (SSSR count). The minimum Gasteiger partial charge on any atom is -0.411 e. The molecule has 18 nitrogen and oxygen atoms in total. The van der Waals surface area contributed by atoms with Crippen LogP contribution in [0.3, 0.4) is 0 Å². The lowest BCUT2D eigenvalue weighted by molar-refractivity contribution is 0.00578. The highest BCUT2D eigenvalue weighted by molar-refractivity contribution is 7.11. The summed E-state index contributed by atoms with van der Waals surface area (Å²) in [5.41, 5.74) is 5.34. The molecule has 0 atom stereocenters. The molecule has 8 aromatic rings. The lowest BCUT2D eigenvalue weighted by Crippen LogP contribution is -2.41. The highest BCUT2D eigenvalue weighted by atomic mass is 28.4. The Balaban J connectivity index is 0.000000164. The molecule has 3 aliphatic rings. The van der Waals surface area contributed by atoms with Gasteiger partial charge in [-0.3, -0.25) is 0 Å². The minimum atomic E-state index is -1.90. The first-order valence-electron chi connectivity index (χ1n) is 30.0. The summed E-state index contributed by atoms with van der Waals surface area (Å²) in [5, 5.41) is 20.6. The zero-order valence-corrected chi connectivity index (χ0v) is 57.3. The van der Waals surface area contributed by atoms with E-state index in [-0.39, 0.29) is 32.5 Å². The van der Waals surface area contributed by atoms with E-state index in [9.17, 15) is 0 Å². The molecule has 0 spiro atoms. The van der Waals surface area contributed by atoms with Gasteiger partial charge >= 0.3 is 21.1 Å². The molecule has 0 unspecified atom stereocenters. The van der Waals surface area contributed by atoms with Gasteiger partial charge in [0.05, 0.1) is 93.0 Å². The average molecular weight is 1210 g/mol. The molecule has 0 aliphatic carbocycles. The van der Waals surface area contributed by atoms with Gasteiger partial charge in [-0.1, -0.05) is 53.7 Å². The number of hydrogen-bond donors (Lipinski definition) is 0. The lowest BCUT2D eigenvalue weighted by atomic mass is 9.49. The number of aromatic nitrogens is 10. The third-order valence-corrected chi connectivity index (χ3v) is 28.0. The molecule has 0 saturated carbocycles. The number of rotatable bonds is 12. The molecule has 3 aliphatic heterocycles. The van der Waals surface area contributed by atoms with Crippen molar-refractivity contribution in [3.8, 4) is 23.0 Å². The first kappa shape index (κ1) is 64.9. The SMILES string of the molecule is CC1(C)OB(B2OC(C)(C)C(C)(C)O2)OC1(C)C.CC1(C)OB(c2cc(-n3cccn3)c3cnn(-c4cccc(CO[Si](C)(C)C(C)(C)C)n4)c3c2)OC1(C)C.Cc1cc(-n2cccn2)c2cnn(-c3cccc(CO[Si](C)(C)C(C)(C)C)n3)c2c1. The molecule has 6 aromatic heterocycles. The summed E-state index contributed by atoms with van der Waals surface area (Å²) in [6, 6.07) is 24.2. The molecule has 86 heavy (non-hydrogen) atoms. The van der Waals surface area contributed by atoms with Crippen molar-refractivity contribution in [2.24, 2.45) is 0 Å². The molecule has 23 heteroatoms. The topological polar surface area (TPSA) is 171 Å². The van der Waals surface area contributed by atoms with Gasteiger partial charge in [-0.2, -0.15) is 20.4 Å². The zero-order valence-electron chi connectivity index (χ0n) is 55.3. The van der Waals surface area contributed by atoms with Crippen molar-refractivity contribution in [2.45, 2.75) is 215 Å². The number of hydrogen-bond acceptors (Lipinski definition) is 14.